The molecular formula is C14H18N4O3. The standard InChI is InChI=1S/C14H18N4O3/c1-4-7-21-14-17-12(16-13(15)18-14)10-8-9(19-2)5-6-11(10)20-3/h5-6,8H,4,7H2,1-3H3,(H2,15,16,17,18). The molecule has 0 aliphatic rings. The molecule has 112 valence electrons. The minimum absolute atomic E-state index is 0.0935. The summed E-state index contributed by atoms with van der Waals surface area (Å²) in [7, 11) is 3.16. The van der Waals surface area contributed by atoms with E-state index in [0.29, 0.717) is 29.5 Å². The maximum absolute atomic E-state index is 5.72. The van der Waals surface area contributed by atoms with Crippen LogP contribution < -0.4 is 19.9 Å². The molecule has 2 aromatic rings. The summed E-state index contributed by atoms with van der Waals surface area (Å²) in [5.74, 6) is 1.75. The largest absolute Gasteiger partial charge is 0.497 e. The molecule has 2 rings (SSSR count). The van der Waals surface area contributed by atoms with Crippen LogP contribution in [0.4, 0.5) is 5.95 Å². The number of ether oxygens (including phenoxy) is 3. The van der Waals surface area contributed by atoms with Crippen molar-refractivity contribution in [2.24, 2.45) is 0 Å². The molecule has 0 bridgehead atoms. The SMILES string of the molecule is CCCOc1nc(N)nc(-c2cc(OC)ccc2OC)n1. The van der Waals surface area contributed by atoms with Crippen molar-refractivity contribution in [2.75, 3.05) is 26.6 Å². The minimum atomic E-state index is 0.0935. The normalized spacial score (nSPS) is 10.2. The van der Waals surface area contributed by atoms with Gasteiger partial charge in [-0.2, -0.15) is 15.0 Å². The summed E-state index contributed by atoms with van der Waals surface area (Å²) in [5, 5.41) is 0. The lowest BCUT2D eigenvalue weighted by Crippen LogP contribution is -2.06. The average molecular weight is 290 g/mol. The number of aromatic nitrogens is 3. The Balaban J connectivity index is 2.47. The highest BCUT2D eigenvalue weighted by Crippen LogP contribution is 2.32. The number of hydrogen-bond acceptors (Lipinski definition) is 7. The molecule has 21 heavy (non-hydrogen) atoms. The van der Waals surface area contributed by atoms with Gasteiger partial charge >= 0.3 is 6.01 Å². The van der Waals surface area contributed by atoms with Gasteiger partial charge in [0.15, 0.2) is 5.82 Å². The van der Waals surface area contributed by atoms with Gasteiger partial charge in [0.25, 0.3) is 0 Å². The van der Waals surface area contributed by atoms with Crippen molar-refractivity contribution in [2.45, 2.75) is 13.3 Å². The third-order valence-corrected chi connectivity index (χ3v) is 2.72. The lowest BCUT2D eigenvalue weighted by Gasteiger charge is -2.10. The van der Waals surface area contributed by atoms with Gasteiger partial charge in [-0.05, 0) is 24.6 Å². The molecule has 0 fully saturated rings. The van der Waals surface area contributed by atoms with E-state index in [0.717, 1.165) is 6.42 Å². The van der Waals surface area contributed by atoms with Crippen molar-refractivity contribution in [3.05, 3.63) is 18.2 Å². The second-order valence-electron chi connectivity index (χ2n) is 4.21. The van der Waals surface area contributed by atoms with Gasteiger partial charge in [-0.15, -0.1) is 0 Å². The Morgan fingerprint density at radius 1 is 1.10 bits per heavy atom. The van der Waals surface area contributed by atoms with Crippen molar-refractivity contribution in [1.82, 2.24) is 15.0 Å². The third kappa shape index (κ3) is 3.50. The number of benzene rings is 1. The first-order chi connectivity index (χ1) is 10.2. The topological polar surface area (TPSA) is 92.4 Å². The molecule has 1 aromatic carbocycles. The molecule has 1 aromatic heterocycles. The highest BCUT2D eigenvalue weighted by molar-refractivity contribution is 5.67. The molecule has 7 nitrogen and oxygen atoms in total. The molecule has 1 heterocycles. The van der Waals surface area contributed by atoms with Crippen molar-refractivity contribution < 1.29 is 14.2 Å². The fraction of sp³-hybridized carbons (Fsp3) is 0.357. The van der Waals surface area contributed by atoms with Gasteiger partial charge in [0.2, 0.25) is 5.95 Å². The van der Waals surface area contributed by atoms with Gasteiger partial charge in [-0.3, -0.25) is 0 Å². The predicted octanol–water partition coefficient (Wildman–Crippen LogP) is 1.93. The van der Waals surface area contributed by atoms with Crippen LogP contribution in [0.1, 0.15) is 13.3 Å². The molecule has 2 N–H and O–H groups in total. The molecule has 0 radical (unpaired) electrons. The molecule has 0 spiro atoms. The van der Waals surface area contributed by atoms with Gasteiger partial charge in [-0.1, -0.05) is 6.92 Å². The van der Waals surface area contributed by atoms with Gasteiger partial charge in [0, 0.05) is 0 Å². The van der Waals surface area contributed by atoms with Gasteiger partial charge in [0.05, 0.1) is 26.4 Å². The number of hydrogen-bond donors (Lipinski definition) is 1. The van der Waals surface area contributed by atoms with Gasteiger partial charge in [-0.25, -0.2) is 0 Å². The summed E-state index contributed by atoms with van der Waals surface area (Å²) in [6.07, 6.45) is 0.851. The van der Waals surface area contributed by atoms with E-state index in [1.165, 1.54) is 0 Å². The van der Waals surface area contributed by atoms with Crippen LogP contribution in [0.25, 0.3) is 11.4 Å². The van der Waals surface area contributed by atoms with Crippen LogP contribution in [-0.4, -0.2) is 35.8 Å². The summed E-state index contributed by atoms with van der Waals surface area (Å²) >= 11 is 0. The van der Waals surface area contributed by atoms with E-state index in [9.17, 15) is 0 Å². The van der Waals surface area contributed by atoms with E-state index >= 15 is 0 Å². The molecule has 0 amide bonds. The van der Waals surface area contributed by atoms with Crippen molar-refractivity contribution in [3.63, 3.8) is 0 Å². The summed E-state index contributed by atoms with van der Waals surface area (Å²) in [6, 6.07) is 5.54. The molecule has 0 atom stereocenters. The van der Waals surface area contributed by atoms with E-state index in [1.54, 1.807) is 32.4 Å². The summed E-state index contributed by atoms with van der Waals surface area (Å²) in [6.45, 7) is 2.51. The Kier molecular flexibility index (Phi) is 4.76. The summed E-state index contributed by atoms with van der Waals surface area (Å²) < 4.78 is 15.9. The number of methoxy groups -OCH3 is 2. The van der Waals surface area contributed by atoms with Crippen molar-refractivity contribution >= 4 is 5.95 Å². The smallest absolute Gasteiger partial charge is 0.321 e. The first kappa shape index (κ1) is 14.8. The Labute approximate surface area is 123 Å². The Morgan fingerprint density at radius 3 is 2.57 bits per heavy atom. The average Bonchev–Trinajstić information content (AvgIpc) is 2.51. The van der Waals surface area contributed by atoms with Crippen LogP contribution >= 0.6 is 0 Å². The monoisotopic (exact) mass is 290 g/mol. The molecule has 0 aliphatic heterocycles. The highest BCUT2D eigenvalue weighted by Gasteiger charge is 2.13. The molecule has 0 saturated carbocycles. The Morgan fingerprint density at radius 2 is 1.90 bits per heavy atom. The van der Waals surface area contributed by atoms with E-state index in [2.05, 4.69) is 15.0 Å². The quantitative estimate of drug-likeness (QED) is 0.868. The molecule has 0 unspecified atom stereocenters. The van der Waals surface area contributed by atoms with Crippen LogP contribution in [-0.2, 0) is 0 Å². The van der Waals surface area contributed by atoms with E-state index in [4.69, 9.17) is 19.9 Å². The highest BCUT2D eigenvalue weighted by atomic mass is 16.5. The first-order valence-electron chi connectivity index (χ1n) is 6.54. The van der Waals surface area contributed by atoms with Crippen molar-refractivity contribution in [3.8, 4) is 28.9 Å². The third-order valence-electron chi connectivity index (χ3n) is 2.72. The lowest BCUT2D eigenvalue weighted by atomic mass is 10.1. The number of anilines is 1. The fourth-order valence-corrected chi connectivity index (χ4v) is 1.74. The van der Waals surface area contributed by atoms with Crippen molar-refractivity contribution in [1.29, 1.82) is 0 Å². The molecule has 7 heteroatoms. The zero-order valence-corrected chi connectivity index (χ0v) is 12.3. The Hall–Kier alpha value is -2.57. The zero-order chi connectivity index (χ0) is 15.2. The minimum Gasteiger partial charge on any atom is -0.497 e. The summed E-state index contributed by atoms with van der Waals surface area (Å²) in [4.78, 5) is 12.4. The second-order valence-corrected chi connectivity index (χ2v) is 4.21. The molecular weight excluding hydrogens is 272 g/mol. The van der Waals surface area contributed by atoms with Crippen LogP contribution in [0.15, 0.2) is 18.2 Å². The number of rotatable bonds is 6. The number of nitrogens with two attached hydrogens (primary N) is 1. The van der Waals surface area contributed by atoms with Crippen LogP contribution in [0.2, 0.25) is 0 Å². The molecule has 0 saturated heterocycles. The van der Waals surface area contributed by atoms with E-state index < -0.39 is 0 Å². The summed E-state index contributed by atoms with van der Waals surface area (Å²) in [5.41, 5.74) is 6.38. The van der Waals surface area contributed by atoms with Crippen LogP contribution in [0, 0.1) is 0 Å². The number of nitrogens with zero attached hydrogens (tertiary/aromatic N) is 3. The first-order valence-corrected chi connectivity index (χ1v) is 6.54. The van der Waals surface area contributed by atoms with Gasteiger partial charge < -0.3 is 19.9 Å². The zero-order valence-electron chi connectivity index (χ0n) is 12.3. The van der Waals surface area contributed by atoms with E-state index in [-0.39, 0.29) is 12.0 Å². The van der Waals surface area contributed by atoms with E-state index in [1.807, 2.05) is 6.92 Å². The Bertz CT molecular complexity index is 619. The lowest BCUT2D eigenvalue weighted by molar-refractivity contribution is 0.292. The predicted molar refractivity (Wildman–Crippen MR) is 78.6 cm³/mol. The van der Waals surface area contributed by atoms with Gasteiger partial charge in [0.1, 0.15) is 11.5 Å². The fourth-order valence-electron chi connectivity index (χ4n) is 1.74. The number of nitrogen functional groups attached to an aromatic ring is 1. The van der Waals surface area contributed by atoms with Crippen LogP contribution in [0.3, 0.4) is 0 Å². The maximum atomic E-state index is 5.72. The molecule has 0 aliphatic carbocycles. The van der Waals surface area contributed by atoms with Crippen LogP contribution in [0.5, 0.6) is 17.5 Å². The maximum Gasteiger partial charge on any atom is 0.321 e. The second kappa shape index (κ2) is 6.74.